The summed E-state index contributed by atoms with van der Waals surface area (Å²) in [5, 5.41) is 10.1. The van der Waals surface area contributed by atoms with Gasteiger partial charge in [-0.3, -0.25) is 0 Å². The van der Waals surface area contributed by atoms with Crippen LogP contribution in [0.4, 0.5) is 0 Å². The van der Waals surface area contributed by atoms with E-state index in [0.717, 1.165) is 60.2 Å². The predicted octanol–water partition coefficient (Wildman–Crippen LogP) is 5.29. The zero-order chi connectivity index (χ0) is 17.6. The van der Waals surface area contributed by atoms with Crippen LogP contribution in [0.3, 0.4) is 0 Å². The fourth-order valence-electron chi connectivity index (χ4n) is 7.93. The average Bonchev–Trinajstić information content (AvgIpc) is 3.04. The molecule has 4 saturated carbocycles. The van der Waals surface area contributed by atoms with Gasteiger partial charge in [0, 0.05) is 7.11 Å². The molecule has 0 aromatic heterocycles. The molecular formula is C23H40O2. The molecule has 4 aliphatic rings. The minimum atomic E-state index is 0.000306. The van der Waals surface area contributed by atoms with E-state index in [1.54, 1.807) is 0 Å². The highest BCUT2D eigenvalue weighted by molar-refractivity contribution is 4.99. The van der Waals surface area contributed by atoms with Crippen LogP contribution in [0.25, 0.3) is 0 Å². The summed E-state index contributed by atoms with van der Waals surface area (Å²) in [4.78, 5) is 0. The van der Waals surface area contributed by atoms with E-state index in [2.05, 4.69) is 13.8 Å². The number of fused-ring (bicyclic) bond motifs is 1. The molecular weight excluding hydrogens is 308 g/mol. The summed E-state index contributed by atoms with van der Waals surface area (Å²) in [5.74, 6) is 7.12. The zero-order valence-electron chi connectivity index (χ0n) is 16.7. The van der Waals surface area contributed by atoms with E-state index in [1.807, 2.05) is 7.11 Å². The summed E-state index contributed by atoms with van der Waals surface area (Å²) < 4.78 is 5.90. The maximum Gasteiger partial charge on any atom is 0.0597 e. The molecule has 0 radical (unpaired) electrons. The van der Waals surface area contributed by atoms with E-state index in [0.29, 0.717) is 6.10 Å². The van der Waals surface area contributed by atoms with Gasteiger partial charge in [-0.25, -0.2) is 0 Å². The molecule has 4 rings (SSSR count). The number of ether oxygens (including phenoxy) is 1. The Bertz CT molecular complexity index is 449. The van der Waals surface area contributed by atoms with Crippen LogP contribution in [0.15, 0.2) is 0 Å². The molecule has 0 amide bonds. The summed E-state index contributed by atoms with van der Waals surface area (Å²) in [6.07, 6.45) is 13.8. The van der Waals surface area contributed by atoms with Crippen molar-refractivity contribution in [3.8, 4) is 0 Å². The lowest BCUT2D eigenvalue weighted by Gasteiger charge is -2.53. The van der Waals surface area contributed by atoms with Crippen LogP contribution in [0.2, 0.25) is 0 Å². The Balaban J connectivity index is 1.56. The van der Waals surface area contributed by atoms with Gasteiger partial charge in [0.05, 0.1) is 12.2 Å². The van der Waals surface area contributed by atoms with Crippen molar-refractivity contribution in [2.45, 2.75) is 90.3 Å². The van der Waals surface area contributed by atoms with Crippen LogP contribution < -0.4 is 0 Å². The largest absolute Gasteiger partial charge is 0.393 e. The van der Waals surface area contributed by atoms with Crippen molar-refractivity contribution in [3.63, 3.8) is 0 Å². The lowest BCUT2D eigenvalue weighted by atomic mass is 9.52. The standard InChI is InChI=1S/C23H40O2/c1-14-12-17-6-10-21-20(18-4-8-19(24)13-18)9-5-16(23(21)15(17)2)7-11-22(14)25-3/h14-24H,4-13H2,1-3H3. The maximum absolute atomic E-state index is 10.1. The second kappa shape index (κ2) is 7.50. The van der Waals surface area contributed by atoms with E-state index in [-0.39, 0.29) is 6.10 Å². The molecule has 0 aromatic carbocycles. The van der Waals surface area contributed by atoms with Gasteiger partial charge in [0.25, 0.3) is 0 Å². The summed E-state index contributed by atoms with van der Waals surface area (Å²) >= 11 is 0. The van der Waals surface area contributed by atoms with Crippen molar-refractivity contribution in [1.82, 2.24) is 0 Å². The Kier molecular flexibility index (Phi) is 5.49. The molecule has 4 fully saturated rings. The smallest absolute Gasteiger partial charge is 0.0597 e. The van der Waals surface area contributed by atoms with Gasteiger partial charge in [0.15, 0.2) is 0 Å². The van der Waals surface area contributed by atoms with Crippen LogP contribution >= 0.6 is 0 Å². The Labute approximate surface area is 155 Å². The predicted molar refractivity (Wildman–Crippen MR) is 102 cm³/mol. The average molecular weight is 349 g/mol. The Hall–Kier alpha value is -0.0800. The fraction of sp³-hybridized carbons (Fsp3) is 1.00. The third-order valence-electron chi connectivity index (χ3n) is 9.17. The van der Waals surface area contributed by atoms with Crippen LogP contribution in [-0.2, 0) is 4.74 Å². The molecule has 10 atom stereocenters. The van der Waals surface area contributed by atoms with E-state index in [9.17, 15) is 5.11 Å². The first-order valence-corrected chi connectivity index (χ1v) is 11.3. The number of methoxy groups -OCH3 is 1. The number of aliphatic hydroxyl groups is 1. The Morgan fingerprint density at radius 3 is 2.12 bits per heavy atom. The number of aliphatic hydroxyl groups excluding tert-OH is 1. The molecule has 4 aliphatic carbocycles. The third kappa shape index (κ3) is 3.43. The van der Waals surface area contributed by atoms with Crippen molar-refractivity contribution in [2.75, 3.05) is 7.11 Å². The molecule has 10 unspecified atom stereocenters. The topological polar surface area (TPSA) is 29.5 Å². The number of hydrogen-bond donors (Lipinski definition) is 1. The number of rotatable bonds is 2. The van der Waals surface area contributed by atoms with Crippen molar-refractivity contribution in [3.05, 3.63) is 0 Å². The first-order chi connectivity index (χ1) is 12.1. The minimum absolute atomic E-state index is 0.000306. The van der Waals surface area contributed by atoms with Crippen molar-refractivity contribution >= 4 is 0 Å². The normalized spacial score (nSPS) is 53.8. The van der Waals surface area contributed by atoms with Gasteiger partial charge in [-0.05, 0) is 112 Å². The van der Waals surface area contributed by atoms with E-state index in [1.165, 1.54) is 51.4 Å². The van der Waals surface area contributed by atoms with Crippen molar-refractivity contribution in [2.24, 2.45) is 47.3 Å². The van der Waals surface area contributed by atoms with Crippen molar-refractivity contribution < 1.29 is 9.84 Å². The van der Waals surface area contributed by atoms with Gasteiger partial charge in [-0.1, -0.05) is 13.8 Å². The molecule has 0 saturated heterocycles. The number of hydrogen-bond acceptors (Lipinski definition) is 2. The summed E-state index contributed by atoms with van der Waals surface area (Å²) in [6, 6.07) is 0. The molecule has 1 N–H and O–H groups in total. The van der Waals surface area contributed by atoms with Gasteiger partial charge in [0.2, 0.25) is 0 Å². The second-order valence-electron chi connectivity index (χ2n) is 10.2. The third-order valence-corrected chi connectivity index (χ3v) is 9.17. The molecule has 0 spiro atoms. The quantitative estimate of drug-likeness (QED) is 0.735. The van der Waals surface area contributed by atoms with E-state index < -0.39 is 0 Å². The van der Waals surface area contributed by atoms with Gasteiger partial charge >= 0.3 is 0 Å². The molecule has 0 aromatic rings. The lowest BCUT2D eigenvalue weighted by Crippen LogP contribution is -2.45. The first kappa shape index (κ1) is 18.3. The Morgan fingerprint density at radius 1 is 0.720 bits per heavy atom. The molecule has 2 nitrogen and oxygen atoms in total. The van der Waals surface area contributed by atoms with Gasteiger partial charge in [-0.2, -0.15) is 0 Å². The molecule has 144 valence electrons. The SMILES string of the molecule is COC1CCC2CCC(C3CCC(O)C3)C3CCC(CC1C)C(C)C23. The maximum atomic E-state index is 10.1. The Morgan fingerprint density at radius 2 is 1.40 bits per heavy atom. The molecule has 0 aliphatic heterocycles. The van der Waals surface area contributed by atoms with Gasteiger partial charge in [-0.15, -0.1) is 0 Å². The fourth-order valence-corrected chi connectivity index (χ4v) is 7.93. The highest BCUT2D eigenvalue weighted by Gasteiger charge is 2.50. The second-order valence-corrected chi connectivity index (χ2v) is 10.2. The summed E-state index contributed by atoms with van der Waals surface area (Å²) in [7, 11) is 1.93. The van der Waals surface area contributed by atoms with Crippen LogP contribution in [0.1, 0.15) is 78.1 Å². The van der Waals surface area contributed by atoms with Gasteiger partial charge < -0.3 is 9.84 Å². The van der Waals surface area contributed by atoms with Crippen LogP contribution in [0.5, 0.6) is 0 Å². The molecule has 2 bridgehead atoms. The first-order valence-electron chi connectivity index (χ1n) is 11.3. The highest BCUT2D eigenvalue weighted by atomic mass is 16.5. The zero-order valence-corrected chi connectivity index (χ0v) is 16.7. The lowest BCUT2D eigenvalue weighted by molar-refractivity contribution is -0.0394. The van der Waals surface area contributed by atoms with E-state index >= 15 is 0 Å². The molecule has 0 heterocycles. The van der Waals surface area contributed by atoms with Crippen LogP contribution in [-0.4, -0.2) is 24.4 Å². The van der Waals surface area contributed by atoms with Crippen molar-refractivity contribution in [1.29, 1.82) is 0 Å². The molecule has 25 heavy (non-hydrogen) atoms. The molecule has 2 heteroatoms. The van der Waals surface area contributed by atoms with Gasteiger partial charge in [0.1, 0.15) is 0 Å². The summed E-state index contributed by atoms with van der Waals surface area (Å²) in [6.45, 7) is 5.03. The minimum Gasteiger partial charge on any atom is -0.393 e. The van der Waals surface area contributed by atoms with Crippen LogP contribution in [0, 0.1) is 47.3 Å². The highest BCUT2D eigenvalue weighted by Crippen LogP contribution is 2.57. The van der Waals surface area contributed by atoms with E-state index in [4.69, 9.17) is 4.74 Å². The monoisotopic (exact) mass is 348 g/mol. The summed E-state index contributed by atoms with van der Waals surface area (Å²) in [5.41, 5.74) is 0.